The molecule has 0 amide bonds. The minimum absolute atomic E-state index is 0.127. The molecule has 0 aliphatic rings. The maximum atomic E-state index is 13.1. The number of halogens is 1. The van der Waals surface area contributed by atoms with E-state index in [9.17, 15) is 12.8 Å². The quantitative estimate of drug-likeness (QED) is 0.881. The second-order valence-electron chi connectivity index (χ2n) is 3.73. The van der Waals surface area contributed by atoms with Gasteiger partial charge < -0.3 is 4.74 Å². The summed E-state index contributed by atoms with van der Waals surface area (Å²) in [7, 11) is -2.41. The van der Waals surface area contributed by atoms with Gasteiger partial charge in [0.1, 0.15) is 16.5 Å². The van der Waals surface area contributed by atoms with Crippen molar-refractivity contribution in [3.63, 3.8) is 0 Å². The molecule has 0 bridgehead atoms. The van der Waals surface area contributed by atoms with Crippen LogP contribution in [-0.4, -0.2) is 21.6 Å². The maximum absolute atomic E-state index is 13.1. The van der Waals surface area contributed by atoms with Gasteiger partial charge in [-0.25, -0.2) is 17.5 Å². The minimum Gasteiger partial charge on any atom is -0.495 e. The SMILES string of the molecule is CCC(C)NS(=O)(=O)c1cc(F)ccc1OC. The van der Waals surface area contributed by atoms with Crippen molar-refractivity contribution in [3.05, 3.63) is 24.0 Å². The average Bonchev–Trinajstić information content (AvgIpc) is 2.28. The molecule has 17 heavy (non-hydrogen) atoms. The van der Waals surface area contributed by atoms with Crippen molar-refractivity contribution < 1.29 is 17.5 Å². The van der Waals surface area contributed by atoms with Crippen LogP contribution in [0.5, 0.6) is 5.75 Å². The molecule has 1 atom stereocenters. The van der Waals surface area contributed by atoms with E-state index in [1.807, 2.05) is 6.92 Å². The van der Waals surface area contributed by atoms with Crippen LogP contribution in [0.1, 0.15) is 20.3 Å². The normalized spacial score (nSPS) is 13.4. The van der Waals surface area contributed by atoms with Gasteiger partial charge in [0.05, 0.1) is 7.11 Å². The van der Waals surface area contributed by atoms with Crippen LogP contribution in [0.15, 0.2) is 23.1 Å². The Bertz CT molecular complexity index is 487. The number of sulfonamides is 1. The van der Waals surface area contributed by atoms with Gasteiger partial charge in [-0.2, -0.15) is 0 Å². The summed E-state index contributed by atoms with van der Waals surface area (Å²) in [5.41, 5.74) is 0. The second kappa shape index (κ2) is 5.46. The Labute approximate surface area is 101 Å². The van der Waals surface area contributed by atoms with Crippen molar-refractivity contribution in [1.82, 2.24) is 4.72 Å². The lowest BCUT2D eigenvalue weighted by atomic mass is 10.3. The van der Waals surface area contributed by atoms with Crippen LogP contribution in [-0.2, 0) is 10.0 Å². The third-order valence-corrected chi connectivity index (χ3v) is 3.99. The molecule has 0 aliphatic heterocycles. The van der Waals surface area contributed by atoms with E-state index in [2.05, 4.69) is 4.72 Å². The second-order valence-corrected chi connectivity index (χ2v) is 5.41. The molecule has 0 heterocycles. The fourth-order valence-corrected chi connectivity index (χ4v) is 2.78. The van der Waals surface area contributed by atoms with Gasteiger partial charge in [-0.3, -0.25) is 0 Å². The highest BCUT2D eigenvalue weighted by Crippen LogP contribution is 2.24. The molecular weight excluding hydrogens is 245 g/mol. The van der Waals surface area contributed by atoms with E-state index in [1.165, 1.54) is 13.2 Å². The largest absolute Gasteiger partial charge is 0.495 e. The van der Waals surface area contributed by atoms with Gasteiger partial charge in [-0.15, -0.1) is 0 Å². The van der Waals surface area contributed by atoms with Gasteiger partial charge in [-0.05, 0) is 31.5 Å². The van der Waals surface area contributed by atoms with Gasteiger partial charge in [-0.1, -0.05) is 6.92 Å². The highest BCUT2D eigenvalue weighted by Gasteiger charge is 2.21. The summed E-state index contributed by atoms with van der Waals surface area (Å²) in [5.74, 6) is -0.488. The van der Waals surface area contributed by atoms with Crippen LogP contribution < -0.4 is 9.46 Å². The molecule has 0 fully saturated rings. The number of benzene rings is 1. The maximum Gasteiger partial charge on any atom is 0.244 e. The van der Waals surface area contributed by atoms with Crippen LogP contribution in [0.4, 0.5) is 4.39 Å². The molecule has 6 heteroatoms. The zero-order chi connectivity index (χ0) is 13.1. The van der Waals surface area contributed by atoms with Crippen molar-refractivity contribution in [2.75, 3.05) is 7.11 Å². The molecule has 1 N–H and O–H groups in total. The number of nitrogens with one attached hydrogen (secondary N) is 1. The third kappa shape index (κ3) is 3.41. The molecule has 0 saturated heterocycles. The first-order valence-electron chi connectivity index (χ1n) is 5.26. The molecule has 1 unspecified atom stereocenters. The lowest BCUT2D eigenvalue weighted by Gasteiger charge is -2.14. The van der Waals surface area contributed by atoms with Gasteiger partial charge in [0.15, 0.2) is 0 Å². The number of ether oxygens (including phenoxy) is 1. The Kier molecular flexibility index (Phi) is 4.47. The fraction of sp³-hybridized carbons (Fsp3) is 0.455. The lowest BCUT2D eigenvalue weighted by molar-refractivity contribution is 0.400. The number of rotatable bonds is 5. The standard InChI is InChI=1S/C11H16FNO3S/c1-4-8(2)13-17(14,15)11-7-9(12)5-6-10(11)16-3/h5-8,13H,4H2,1-3H3. The van der Waals surface area contributed by atoms with Crippen LogP contribution in [0.25, 0.3) is 0 Å². The van der Waals surface area contributed by atoms with E-state index in [1.54, 1.807) is 6.92 Å². The minimum atomic E-state index is -3.75. The summed E-state index contributed by atoms with van der Waals surface area (Å²) in [6.45, 7) is 3.60. The summed E-state index contributed by atoms with van der Waals surface area (Å²) in [5, 5.41) is 0. The van der Waals surface area contributed by atoms with E-state index >= 15 is 0 Å². The van der Waals surface area contributed by atoms with Gasteiger partial charge >= 0.3 is 0 Å². The van der Waals surface area contributed by atoms with Crippen LogP contribution >= 0.6 is 0 Å². The Morgan fingerprint density at radius 1 is 1.47 bits per heavy atom. The van der Waals surface area contributed by atoms with E-state index in [0.29, 0.717) is 6.42 Å². The van der Waals surface area contributed by atoms with Crippen LogP contribution in [0.2, 0.25) is 0 Å². The molecule has 96 valence electrons. The first kappa shape index (κ1) is 13.9. The highest BCUT2D eigenvalue weighted by molar-refractivity contribution is 7.89. The average molecular weight is 261 g/mol. The van der Waals surface area contributed by atoms with Crippen molar-refractivity contribution in [1.29, 1.82) is 0 Å². The van der Waals surface area contributed by atoms with Crippen LogP contribution in [0.3, 0.4) is 0 Å². The summed E-state index contributed by atoms with van der Waals surface area (Å²) in [4.78, 5) is -0.180. The molecule has 4 nitrogen and oxygen atoms in total. The Morgan fingerprint density at radius 3 is 2.65 bits per heavy atom. The molecule has 0 radical (unpaired) electrons. The van der Waals surface area contributed by atoms with Crippen molar-refractivity contribution >= 4 is 10.0 Å². The molecule has 1 aromatic carbocycles. The molecule has 0 aromatic heterocycles. The topological polar surface area (TPSA) is 55.4 Å². The lowest BCUT2D eigenvalue weighted by Crippen LogP contribution is -2.32. The molecule has 1 rings (SSSR count). The molecule has 0 aliphatic carbocycles. The Hall–Kier alpha value is -1.14. The Morgan fingerprint density at radius 2 is 2.12 bits per heavy atom. The summed E-state index contributed by atoms with van der Waals surface area (Å²) in [6, 6.07) is 3.18. The first-order chi connectivity index (χ1) is 7.90. The predicted octanol–water partition coefficient (Wildman–Crippen LogP) is 1.91. The summed E-state index contributed by atoms with van der Waals surface area (Å²) in [6.07, 6.45) is 0.650. The number of methoxy groups -OCH3 is 1. The van der Waals surface area contributed by atoms with Gasteiger partial charge in [0.25, 0.3) is 0 Å². The highest BCUT2D eigenvalue weighted by atomic mass is 32.2. The van der Waals surface area contributed by atoms with E-state index in [4.69, 9.17) is 4.74 Å². The van der Waals surface area contributed by atoms with E-state index in [-0.39, 0.29) is 16.7 Å². The number of hydrogen-bond acceptors (Lipinski definition) is 3. The van der Waals surface area contributed by atoms with Gasteiger partial charge in [0, 0.05) is 6.04 Å². The predicted molar refractivity (Wildman–Crippen MR) is 63.0 cm³/mol. The Balaban J connectivity index is 3.18. The first-order valence-corrected chi connectivity index (χ1v) is 6.75. The summed E-state index contributed by atoms with van der Waals surface area (Å²) >= 11 is 0. The monoisotopic (exact) mass is 261 g/mol. The summed E-state index contributed by atoms with van der Waals surface area (Å²) < 4.78 is 44.4. The van der Waals surface area contributed by atoms with Crippen molar-refractivity contribution in [3.8, 4) is 5.75 Å². The molecule has 1 aromatic rings. The van der Waals surface area contributed by atoms with E-state index < -0.39 is 15.8 Å². The smallest absolute Gasteiger partial charge is 0.244 e. The molecule has 0 spiro atoms. The molecule has 0 saturated carbocycles. The fourth-order valence-electron chi connectivity index (χ4n) is 1.27. The van der Waals surface area contributed by atoms with E-state index in [0.717, 1.165) is 12.1 Å². The van der Waals surface area contributed by atoms with Gasteiger partial charge in [0.2, 0.25) is 10.0 Å². The molecular formula is C11H16FNO3S. The van der Waals surface area contributed by atoms with Crippen molar-refractivity contribution in [2.24, 2.45) is 0 Å². The van der Waals surface area contributed by atoms with Crippen LogP contribution in [0, 0.1) is 5.82 Å². The zero-order valence-electron chi connectivity index (χ0n) is 10.0. The third-order valence-electron chi connectivity index (χ3n) is 2.38. The van der Waals surface area contributed by atoms with Crippen molar-refractivity contribution in [2.45, 2.75) is 31.2 Å². The number of hydrogen-bond donors (Lipinski definition) is 1. The zero-order valence-corrected chi connectivity index (χ0v) is 10.8.